The molecule has 0 radical (unpaired) electrons. The van der Waals surface area contributed by atoms with E-state index in [1.807, 2.05) is 23.9 Å². The van der Waals surface area contributed by atoms with Gasteiger partial charge in [0, 0.05) is 30.6 Å². The Hall–Kier alpha value is -2.30. The lowest BCUT2D eigenvalue weighted by atomic mass is 10.1. The van der Waals surface area contributed by atoms with Crippen LogP contribution >= 0.6 is 0 Å². The van der Waals surface area contributed by atoms with Crippen LogP contribution in [0, 0.1) is 0 Å². The Kier molecular flexibility index (Phi) is 4.08. The monoisotopic (exact) mass is 275 g/mol. The molecule has 0 amide bonds. The number of carbonyl (C=O) groups excluding carboxylic acids is 1. The summed E-state index contributed by atoms with van der Waals surface area (Å²) in [7, 11) is 3.27. The molecule has 0 aliphatic carbocycles. The van der Waals surface area contributed by atoms with Crippen LogP contribution in [0.1, 0.15) is 28.8 Å². The Morgan fingerprint density at radius 2 is 2.10 bits per heavy atom. The number of hydrogen-bond donors (Lipinski definition) is 1. The largest absolute Gasteiger partial charge is 0.478 e. The predicted molar refractivity (Wildman–Crippen MR) is 74.8 cm³/mol. The topological polar surface area (TPSA) is 68.5 Å². The van der Waals surface area contributed by atoms with Crippen molar-refractivity contribution in [2.45, 2.75) is 19.3 Å². The lowest BCUT2D eigenvalue weighted by Crippen LogP contribution is -2.00. The van der Waals surface area contributed by atoms with Gasteiger partial charge in [-0.2, -0.15) is 0 Å². The van der Waals surface area contributed by atoms with Crippen LogP contribution in [0.25, 0.3) is 10.9 Å². The zero-order valence-corrected chi connectivity index (χ0v) is 11.5. The molecule has 106 valence electrons. The van der Waals surface area contributed by atoms with Gasteiger partial charge in [-0.05, 0) is 30.5 Å². The Balaban J connectivity index is 2.23. The molecule has 2 aromatic rings. The highest BCUT2D eigenvalue weighted by Crippen LogP contribution is 2.23. The van der Waals surface area contributed by atoms with Gasteiger partial charge in [0.2, 0.25) is 0 Å². The lowest BCUT2D eigenvalue weighted by molar-refractivity contribution is -0.140. The first-order valence-electron chi connectivity index (χ1n) is 6.41. The van der Waals surface area contributed by atoms with E-state index in [-0.39, 0.29) is 11.5 Å². The summed E-state index contributed by atoms with van der Waals surface area (Å²) < 4.78 is 6.53. The number of esters is 1. The van der Waals surface area contributed by atoms with Gasteiger partial charge >= 0.3 is 11.9 Å². The molecule has 1 N–H and O–H groups in total. The summed E-state index contributed by atoms with van der Waals surface area (Å²) >= 11 is 0. The quantitative estimate of drug-likeness (QED) is 0.851. The second-order valence-electron chi connectivity index (χ2n) is 4.73. The summed E-state index contributed by atoms with van der Waals surface area (Å²) in [5, 5.41) is 10.0. The van der Waals surface area contributed by atoms with E-state index in [0.29, 0.717) is 12.8 Å². The van der Waals surface area contributed by atoms with E-state index in [4.69, 9.17) is 5.11 Å². The summed E-state index contributed by atoms with van der Waals surface area (Å²) in [6, 6.07) is 5.10. The summed E-state index contributed by atoms with van der Waals surface area (Å²) in [5.41, 5.74) is 2.28. The van der Waals surface area contributed by atoms with Crippen molar-refractivity contribution in [2.24, 2.45) is 7.05 Å². The van der Waals surface area contributed by atoms with E-state index >= 15 is 0 Å². The lowest BCUT2D eigenvalue weighted by Gasteiger charge is -2.00. The number of carbonyl (C=O) groups is 2. The number of aromatic nitrogens is 1. The molecule has 0 atom stereocenters. The fourth-order valence-corrected chi connectivity index (χ4v) is 2.33. The summed E-state index contributed by atoms with van der Waals surface area (Å²) in [6.07, 6.45) is 3.85. The number of carboxylic acid groups (broad SMARTS) is 1. The van der Waals surface area contributed by atoms with Gasteiger partial charge in [0.25, 0.3) is 0 Å². The first kappa shape index (κ1) is 14.1. The van der Waals surface area contributed by atoms with Gasteiger partial charge in [0.15, 0.2) is 0 Å². The molecule has 0 fully saturated rings. The van der Waals surface area contributed by atoms with E-state index in [2.05, 4.69) is 4.74 Å². The van der Waals surface area contributed by atoms with Crippen molar-refractivity contribution in [1.29, 1.82) is 0 Å². The summed E-state index contributed by atoms with van der Waals surface area (Å²) in [4.78, 5) is 22.1. The first-order valence-corrected chi connectivity index (χ1v) is 6.41. The molecular formula is C15H17NO4. The van der Waals surface area contributed by atoms with Gasteiger partial charge in [0.05, 0.1) is 12.7 Å². The number of hydrogen-bond acceptors (Lipinski definition) is 3. The van der Waals surface area contributed by atoms with Crippen LogP contribution in [0.5, 0.6) is 0 Å². The van der Waals surface area contributed by atoms with Gasteiger partial charge in [-0.1, -0.05) is 6.07 Å². The Labute approximate surface area is 116 Å². The maximum absolute atomic E-state index is 11.1. The Morgan fingerprint density at radius 3 is 2.75 bits per heavy atom. The van der Waals surface area contributed by atoms with Crippen LogP contribution in [-0.4, -0.2) is 28.7 Å². The van der Waals surface area contributed by atoms with E-state index in [9.17, 15) is 9.59 Å². The predicted octanol–water partition coefficient (Wildman–Crippen LogP) is 2.37. The fourth-order valence-electron chi connectivity index (χ4n) is 2.33. The number of methoxy groups -OCH3 is 1. The SMILES string of the molecule is COC(=O)CCCc1cn(C)c2cc(C(=O)O)ccc12. The van der Waals surface area contributed by atoms with E-state index in [0.717, 1.165) is 22.9 Å². The van der Waals surface area contributed by atoms with Crippen molar-refractivity contribution < 1.29 is 19.4 Å². The highest BCUT2D eigenvalue weighted by atomic mass is 16.5. The molecule has 5 nitrogen and oxygen atoms in total. The second kappa shape index (κ2) is 5.77. The van der Waals surface area contributed by atoms with Crippen molar-refractivity contribution in [3.05, 3.63) is 35.5 Å². The number of fused-ring (bicyclic) bond motifs is 1. The maximum Gasteiger partial charge on any atom is 0.335 e. The number of aryl methyl sites for hydroxylation is 2. The maximum atomic E-state index is 11.1. The molecule has 0 bridgehead atoms. The Bertz CT molecular complexity index is 657. The molecule has 0 aliphatic rings. The minimum atomic E-state index is -0.930. The van der Waals surface area contributed by atoms with Gasteiger partial charge in [-0.3, -0.25) is 4.79 Å². The molecular weight excluding hydrogens is 258 g/mol. The number of rotatable bonds is 5. The van der Waals surface area contributed by atoms with E-state index in [1.54, 1.807) is 12.1 Å². The third-order valence-electron chi connectivity index (χ3n) is 3.37. The van der Waals surface area contributed by atoms with Crippen molar-refractivity contribution in [3.63, 3.8) is 0 Å². The fraction of sp³-hybridized carbons (Fsp3) is 0.333. The van der Waals surface area contributed by atoms with Crippen molar-refractivity contribution in [2.75, 3.05) is 7.11 Å². The molecule has 5 heteroatoms. The summed E-state index contributed by atoms with van der Waals surface area (Å²) in [5.74, 6) is -1.14. The average Bonchev–Trinajstić information content (AvgIpc) is 2.75. The van der Waals surface area contributed by atoms with Crippen molar-refractivity contribution >= 4 is 22.8 Å². The van der Waals surface area contributed by atoms with Crippen LogP contribution in [0.4, 0.5) is 0 Å². The summed E-state index contributed by atoms with van der Waals surface area (Å²) in [6.45, 7) is 0. The molecule has 0 saturated heterocycles. The van der Waals surface area contributed by atoms with Crippen LogP contribution < -0.4 is 0 Å². The molecule has 20 heavy (non-hydrogen) atoms. The van der Waals surface area contributed by atoms with Crippen molar-refractivity contribution in [1.82, 2.24) is 4.57 Å². The van der Waals surface area contributed by atoms with E-state index in [1.165, 1.54) is 7.11 Å². The van der Waals surface area contributed by atoms with Gasteiger partial charge in [-0.25, -0.2) is 4.79 Å². The zero-order chi connectivity index (χ0) is 14.7. The zero-order valence-electron chi connectivity index (χ0n) is 11.5. The standard InChI is InChI=1S/C15H17NO4/c1-16-9-11(4-3-5-14(17)20-2)12-7-6-10(15(18)19)8-13(12)16/h6-9H,3-5H2,1-2H3,(H,18,19). The number of carboxylic acids is 1. The smallest absolute Gasteiger partial charge is 0.335 e. The van der Waals surface area contributed by atoms with Crippen LogP contribution in [-0.2, 0) is 23.0 Å². The molecule has 0 spiro atoms. The molecule has 1 aromatic carbocycles. The van der Waals surface area contributed by atoms with E-state index < -0.39 is 5.97 Å². The second-order valence-corrected chi connectivity index (χ2v) is 4.73. The molecule has 0 unspecified atom stereocenters. The third kappa shape index (κ3) is 2.82. The third-order valence-corrected chi connectivity index (χ3v) is 3.37. The van der Waals surface area contributed by atoms with Crippen LogP contribution in [0.2, 0.25) is 0 Å². The molecule has 2 rings (SSSR count). The minimum Gasteiger partial charge on any atom is -0.478 e. The van der Waals surface area contributed by atoms with Crippen LogP contribution in [0.15, 0.2) is 24.4 Å². The molecule has 0 aliphatic heterocycles. The van der Waals surface area contributed by atoms with Gasteiger partial charge < -0.3 is 14.4 Å². The minimum absolute atomic E-state index is 0.210. The van der Waals surface area contributed by atoms with Crippen molar-refractivity contribution in [3.8, 4) is 0 Å². The first-order chi connectivity index (χ1) is 9.52. The number of benzene rings is 1. The van der Waals surface area contributed by atoms with Gasteiger partial charge in [0.1, 0.15) is 0 Å². The molecule has 0 saturated carbocycles. The average molecular weight is 275 g/mol. The molecule has 1 heterocycles. The Morgan fingerprint density at radius 1 is 1.35 bits per heavy atom. The molecule has 1 aromatic heterocycles. The van der Waals surface area contributed by atoms with Gasteiger partial charge in [-0.15, -0.1) is 0 Å². The number of aromatic carboxylic acids is 1. The van der Waals surface area contributed by atoms with Crippen LogP contribution in [0.3, 0.4) is 0 Å². The highest BCUT2D eigenvalue weighted by molar-refractivity contribution is 5.94. The number of ether oxygens (including phenoxy) is 1. The highest BCUT2D eigenvalue weighted by Gasteiger charge is 2.10. The normalized spacial score (nSPS) is 10.7. The number of nitrogens with zero attached hydrogens (tertiary/aromatic N) is 1.